The van der Waals surface area contributed by atoms with Crippen molar-refractivity contribution in [1.29, 1.82) is 0 Å². The van der Waals surface area contributed by atoms with Gasteiger partial charge in [-0.2, -0.15) is 0 Å². The van der Waals surface area contributed by atoms with E-state index in [9.17, 15) is 0 Å². The third-order valence-electron chi connectivity index (χ3n) is 9.91. The molecular weight excluding hydrogens is 561 g/mol. The van der Waals surface area contributed by atoms with Crippen LogP contribution in [0.4, 0.5) is 17.1 Å². The highest BCUT2D eigenvalue weighted by atomic mass is 15.2. The third kappa shape index (κ3) is 3.82. The molecule has 0 saturated heterocycles. The fourth-order valence-corrected chi connectivity index (χ4v) is 7.54. The number of hydrogen-bond acceptors (Lipinski definition) is 3. The number of para-hydroxylation sites is 2. The fraction of sp³-hybridized carbons (Fsp3) is 0.200. The van der Waals surface area contributed by atoms with Gasteiger partial charge in [-0.05, 0) is 86.9 Å². The van der Waals surface area contributed by atoms with Gasteiger partial charge in [-0.1, -0.05) is 90.1 Å². The predicted molar refractivity (Wildman–Crippen MR) is 192 cm³/mol. The topological polar surface area (TPSA) is 38.9 Å². The van der Waals surface area contributed by atoms with Crippen LogP contribution in [0.1, 0.15) is 52.7 Å². The van der Waals surface area contributed by atoms with Gasteiger partial charge in [0.15, 0.2) is 0 Å². The summed E-state index contributed by atoms with van der Waals surface area (Å²) in [7, 11) is 0. The van der Waals surface area contributed by atoms with E-state index in [2.05, 4.69) is 153 Å². The van der Waals surface area contributed by atoms with Crippen molar-refractivity contribution in [3.05, 3.63) is 121 Å². The number of aromatic nitrogens is 4. The molecule has 0 unspecified atom stereocenters. The molecule has 2 aliphatic heterocycles. The molecule has 5 aromatic carbocycles. The molecule has 4 heterocycles. The zero-order valence-corrected chi connectivity index (χ0v) is 27.2. The van der Waals surface area contributed by atoms with Crippen molar-refractivity contribution in [2.75, 3.05) is 4.90 Å². The van der Waals surface area contributed by atoms with Gasteiger partial charge in [0.05, 0.1) is 27.8 Å². The lowest BCUT2D eigenvalue weighted by Crippen LogP contribution is -2.59. The first kappa shape index (κ1) is 27.2. The Labute approximate surface area is 270 Å². The minimum absolute atomic E-state index is 0.00762. The van der Waals surface area contributed by atoms with E-state index < -0.39 is 0 Å². The molecule has 0 N–H and O–H groups in total. The van der Waals surface area contributed by atoms with Gasteiger partial charge >= 0.3 is 0 Å². The second-order valence-electron chi connectivity index (χ2n) is 14.9. The van der Waals surface area contributed by atoms with Crippen LogP contribution in [0, 0.1) is 0 Å². The highest BCUT2D eigenvalue weighted by Crippen LogP contribution is 2.40. The van der Waals surface area contributed by atoms with Crippen LogP contribution in [0.5, 0.6) is 0 Å². The molecule has 2 aliphatic rings. The fourth-order valence-electron chi connectivity index (χ4n) is 7.54. The minimum atomic E-state index is -0.00762. The van der Waals surface area contributed by atoms with Crippen LogP contribution >= 0.6 is 0 Å². The molecule has 0 radical (unpaired) electrons. The number of nitrogens with zero attached hydrogens (tertiary/aromatic N) is 5. The summed E-state index contributed by atoms with van der Waals surface area (Å²) in [6, 6.07) is 35.5. The molecule has 224 valence electrons. The van der Waals surface area contributed by atoms with E-state index in [0.29, 0.717) is 0 Å². The first-order valence-corrected chi connectivity index (χ1v) is 16.2. The van der Waals surface area contributed by atoms with Gasteiger partial charge in [0.2, 0.25) is 0 Å². The van der Waals surface area contributed by atoms with Crippen molar-refractivity contribution >= 4 is 62.2 Å². The molecule has 0 amide bonds. The zero-order valence-electron chi connectivity index (χ0n) is 27.2. The van der Waals surface area contributed by atoms with Crippen molar-refractivity contribution in [1.82, 2.24) is 19.1 Å². The Morgan fingerprint density at radius 3 is 1.39 bits per heavy atom. The standard InChI is InChI=1S/C40H36BN5/c1-39(2,3)25-17-30-37-32(19-25)42-23-44(37)34-21-29(46(27-13-9-7-10-14-27)28-15-11-8-12-16-28)22-35-36(34)41(30)31-18-26(40(4,5)6)20-33-38(31)45(35)24-43-33/h7-24H,1-6H3. The van der Waals surface area contributed by atoms with E-state index in [1.165, 1.54) is 49.9 Å². The van der Waals surface area contributed by atoms with E-state index in [4.69, 9.17) is 9.97 Å². The largest absolute Gasteiger partial charge is 0.310 e. The molecule has 0 atom stereocenters. The Morgan fingerprint density at radius 2 is 0.978 bits per heavy atom. The number of rotatable bonds is 3. The first-order chi connectivity index (χ1) is 22.1. The van der Waals surface area contributed by atoms with E-state index in [-0.39, 0.29) is 17.5 Å². The maximum absolute atomic E-state index is 5.05. The number of hydrogen-bond donors (Lipinski definition) is 0. The lowest BCUT2D eigenvalue weighted by molar-refractivity contribution is 0.591. The normalized spacial score (nSPS) is 13.4. The summed E-state index contributed by atoms with van der Waals surface area (Å²) in [6.45, 7) is 13.8. The van der Waals surface area contributed by atoms with Crippen LogP contribution in [0.25, 0.3) is 33.4 Å². The minimum Gasteiger partial charge on any atom is -0.310 e. The molecule has 5 nitrogen and oxygen atoms in total. The van der Waals surface area contributed by atoms with Gasteiger partial charge in [0, 0.05) is 22.7 Å². The molecule has 6 heteroatoms. The third-order valence-corrected chi connectivity index (χ3v) is 9.91. The Morgan fingerprint density at radius 1 is 0.543 bits per heavy atom. The summed E-state index contributed by atoms with van der Waals surface area (Å²) < 4.78 is 4.66. The van der Waals surface area contributed by atoms with Crippen LogP contribution in [0.2, 0.25) is 0 Å². The van der Waals surface area contributed by atoms with Gasteiger partial charge < -0.3 is 4.90 Å². The van der Waals surface area contributed by atoms with Crippen molar-refractivity contribution in [3.8, 4) is 11.4 Å². The quantitative estimate of drug-likeness (QED) is 0.197. The second-order valence-corrected chi connectivity index (χ2v) is 14.9. The van der Waals surface area contributed by atoms with Crippen molar-refractivity contribution in [2.24, 2.45) is 0 Å². The summed E-state index contributed by atoms with van der Waals surface area (Å²) in [5.41, 5.74) is 16.7. The van der Waals surface area contributed by atoms with Gasteiger partial charge in [-0.3, -0.25) is 9.13 Å². The molecule has 0 bridgehead atoms. The highest BCUT2D eigenvalue weighted by Gasteiger charge is 2.41. The molecule has 0 spiro atoms. The van der Waals surface area contributed by atoms with Gasteiger partial charge in [-0.25, -0.2) is 9.97 Å². The monoisotopic (exact) mass is 597 g/mol. The molecular formula is C40H36BN5. The van der Waals surface area contributed by atoms with Crippen molar-refractivity contribution in [2.45, 2.75) is 52.4 Å². The first-order valence-electron chi connectivity index (χ1n) is 16.2. The molecule has 46 heavy (non-hydrogen) atoms. The van der Waals surface area contributed by atoms with Crippen LogP contribution in [0.3, 0.4) is 0 Å². The number of anilines is 3. The maximum atomic E-state index is 5.05. The Bertz CT molecular complexity index is 2180. The molecule has 0 fully saturated rings. The summed E-state index contributed by atoms with van der Waals surface area (Å²) in [5, 5.41) is 0. The molecule has 9 rings (SSSR count). The summed E-state index contributed by atoms with van der Waals surface area (Å²) in [5.74, 6) is 0. The number of imidazole rings is 2. The Balaban J connectivity index is 1.42. The Hall–Kier alpha value is -5.10. The van der Waals surface area contributed by atoms with Crippen LogP contribution < -0.4 is 21.3 Å². The van der Waals surface area contributed by atoms with Crippen LogP contribution in [-0.2, 0) is 10.8 Å². The molecule has 2 aromatic heterocycles. The molecule has 0 aliphatic carbocycles. The number of fused-ring (bicyclic) bond motifs is 4. The van der Waals surface area contributed by atoms with Crippen molar-refractivity contribution in [3.63, 3.8) is 0 Å². The molecule has 0 saturated carbocycles. The summed E-state index contributed by atoms with van der Waals surface area (Å²) in [6.07, 6.45) is 4.05. The van der Waals surface area contributed by atoms with Crippen LogP contribution in [0.15, 0.2) is 110 Å². The average molecular weight is 598 g/mol. The van der Waals surface area contributed by atoms with Gasteiger partial charge in [-0.15, -0.1) is 0 Å². The van der Waals surface area contributed by atoms with E-state index >= 15 is 0 Å². The predicted octanol–water partition coefficient (Wildman–Crippen LogP) is 7.57. The second kappa shape index (κ2) is 9.23. The van der Waals surface area contributed by atoms with Crippen molar-refractivity contribution < 1.29 is 0 Å². The lowest BCUT2D eigenvalue weighted by Gasteiger charge is -2.36. The number of benzene rings is 5. The maximum Gasteiger partial charge on any atom is 0.252 e. The lowest BCUT2D eigenvalue weighted by atomic mass is 9.34. The van der Waals surface area contributed by atoms with Crippen LogP contribution in [-0.4, -0.2) is 25.8 Å². The zero-order chi connectivity index (χ0) is 31.5. The van der Waals surface area contributed by atoms with E-state index in [0.717, 1.165) is 28.1 Å². The van der Waals surface area contributed by atoms with Gasteiger partial charge in [0.25, 0.3) is 6.71 Å². The highest BCUT2D eigenvalue weighted by molar-refractivity contribution is 7.00. The molecule has 7 aromatic rings. The van der Waals surface area contributed by atoms with E-state index in [1.807, 2.05) is 12.7 Å². The smallest absolute Gasteiger partial charge is 0.252 e. The summed E-state index contributed by atoms with van der Waals surface area (Å²) >= 11 is 0. The van der Waals surface area contributed by atoms with Gasteiger partial charge in [0.1, 0.15) is 12.7 Å². The van der Waals surface area contributed by atoms with E-state index in [1.54, 1.807) is 0 Å². The average Bonchev–Trinajstić information content (AvgIpc) is 3.67. The summed E-state index contributed by atoms with van der Waals surface area (Å²) in [4.78, 5) is 12.4. The Kier molecular flexibility index (Phi) is 5.46. The SMILES string of the molecule is CC(C)(C)c1cc2c3c(c1)ncn3-c1cc(N(c3ccccc3)c3ccccc3)cc3c1B2c1cc(C(C)(C)C)cc2ncn-3c12.